The molecule has 0 spiro atoms. The van der Waals surface area contributed by atoms with E-state index in [2.05, 4.69) is 10.3 Å². The number of para-hydroxylation sites is 1. The zero-order valence-electron chi connectivity index (χ0n) is 15.3. The van der Waals surface area contributed by atoms with Gasteiger partial charge in [-0.3, -0.25) is 4.79 Å². The van der Waals surface area contributed by atoms with Gasteiger partial charge in [-0.05, 0) is 43.3 Å². The summed E-state index contributed by atoms with van der Waals surface area (Å²) in [6.45, 7) is 1.27. The second kappa shape index (κ2) is 9.29. The molecule has 3 rings (SSSR count). The van der Waals surface area contributed by atoms with Crippen LogP contribution in [0.3, 0.4) is 0 Å². The molecule has 0 fully saturated rings. The van der Waals surface area contributed by atoms with Crippen LogP contribution in [-0.2, 0) is 9.53 Å². The minimum atomic E-state index is -0.922. The summed E-state index contributed by atoms with van der Waals surface area (Å²) in [6.07, 6.45) is 1.54. The van der Waals surface area contributed by atoms with E-state index in [1.54, 1.807) is 12.3 Å². The van der Waals surface area contributed by atoms with Crippen molar-refractivity contribution in [2.45, 2.75) is 16.8 Å². The van der Waals surface area contributed by atoms with Gasteiger partial charge in [-0.25, -0.2) is 18.6 Å². The molecule has 1 aromatic heterocycles. The molecule has 0 atom stereocenters. The number of nitrogens with zero attached hydrogens (tertiary/aromatic N) is 1. The summed E-state index contributed by atoms with van der Waals surface area (Å²) in [5.41, 5.74) is 0.695. The Balaban J connectivity index is 1.65. The van der Waals surface area contributed by atoms with Gasteiger partial charge in [0.25, 0.3) is 5.91 Å². The predicted molar refractivity (Wildman–Crippen MR) is 105 cm³/mol. The molecule has 0 aliphatic rings. The maximum absolute atomic E-state index is 13.6. The highest BCUT2D eigenvalue weighted by Crippen LogP contribution is 2.29. The maximum atomic E-state index is 13.6. The highest BCUT2D eigenvalue weighted by Gasteiger charge is 2.18. The fourth-order valence-corrected chi connectivity index (χ4v) is 3.22. The first kappa shape index (κ1) is 20.5. The number of esters is 1. The number of hydrogen-bond donors (Lipinski definition) is 1. The summed E-state index contributed by atoms with van der Waals surface area (Å²) in [5, 5.41) is 2.48. The number of benzene rings is 2. The molecule has 8 heteroatoms. The molecule has 148 valence electrons. The molecule has 1 heterocycles. The number of ether oxygens (including phenoxy) is 1. The zero-order valence-corrected chi connectivity index (χ0v) is 16.1. The highest BCUT2D eigenvalue weighted by molar-refractivity contribution is 7.99. The molecule has 3 aromatic rings. The quantitative estimate of drug-likeness (QED) is 0.597. The normalized spacial score (nSPS) is 10.4. The molecule has 29 heavy (non-hydrogen) atoms. The van der Waals surface area contributed by atoms with Crippen molar-refractivity contribution in [2.24, 2.45) is 0 Å². The Morgan fingerprint density at radius 2 is 1.72 bits per heavy atom. The number of rotatable bonds is 6. The van der Waals surface area contributed by atoms with Gasteiger partial charge < -0.3 is 10.1 Å². The van der Waals surface area contributed by atoms with Gasteiger partial charge in [0.05, 0.1) is 5.56 Å². The van der Waals surface area contributed by atoms with E-state index in [4.69, 9.17) is 4.74 Å². The molecule has 0 aliphatic carbocycles. The number of hydrogen-bond acceptors (Lipinski definition) is 5. The first-order chi connectivity index (χ1) is 13.9. The van der Waals surface area contributed by atoms with Crippen LogP contribution in [0.2, 0.25) is 0 Å². The Hall–Kier alpha value is -3.26. The average Bonchev–Trinajstić information content (AvgIpc) is 2.71. The molecule has 0 radical (unpaired) electrons. The number of anilines is 1. The summed E-state index contributed by atoms with van der Waals surface area (Å²) < 4.78 is 32.2. The zero-order chi connectivity index (χ0) is 20.8. The van der Waals surface area contributed by atoms with E-state index in [1.165, 1.54) is 23.9 Å². The van der Waals surface area contributed by atoms with Crippen LogP contribution < -0.4 is 5.32 Å². The summed E-state index contributed by atoms with van der Waals surface area (Å²) >= 11 is 1.28. The molecule has 5 nitrogen and oxygen atoms in total. The fraction of sp³-hybridized carbons (Fsp3) is 0.0952. The summed E-state index contributed by atoms with van der Waals surface area (Å²) in [5.74, 6) is -3.47. The monoisotopic (exact) mass is 414 g/mol. The van der Waals surface area contributed by atoms with Crippen LogP contribution in [0.1, 0.15) is 15.9 Å². The lowest BCUT2D eigenvalue weighted by molar-refractivity contribution is -0.119. The van der Waals surface area contributed by atoms with Gasteiger partial charge in [-0.1, -0.05) is 35.5 Å². The number of carbonyl (C=O) groups excluding carboxylic acids is 2. The van der Waals surface area contributed by atoms with Gasteiger partial charge in [-0.15, -0.1) is 0 Å². The first-order valence-electron chi connectivity index (χ1n) is 8.54. The van der Waals surface area contributed by atoms with Crippen LogP contribution in [0, 0.1) is 18.6 Å². The minimum absolute atomic E-state index is 0.183. The van der Waals surface area contributed by atoms with Crippen molar-refractivity contribution in [3.63, 3.8) is 0 Å². The molecule has 0 saturated carbocycles. The van der Waals surface area contributed by atoms with E-state index in [0.717, 1.165) is 22.6 Å². The lowest BCUT2D eigenvalue weighted by Crippen LogP contribution is -2.22. The SMILES string of the molecule is Cc1ccc(Sc2ncccc2C(=O)OCC(=O)Nc2c(F)cccc2F)cc1. The van der Waals surface area contributed by atoms with Crippen LogP contribution in [0.5, 0.6) is 0 Å². The van der Waals surface area contributed by atoms with Crippen molar-refractivity contribution in [2.75, 3.05) is 11.9 Å². The van der Waals surface area contributed by atoms with Crippen LogP contribution in [-0.4, -0.2) is 23.5 Å². The average molecular weight is 414 g/mol. The Bertz CT molecular complexity index is 1020. The van der Waals surface area contributed by atoms with E-state index in [-0.39, 0.29) is 5.56 Å². The fourth-order valence-electron chi connectivity index (χ4n) is 2.35. The van der Waals surface area contributed by atoms with Crippen LogP contribution in [0.25, 0.3) is 0 Å². The minimum Gasteiger partial charge on any atom is -0.452 e. The lowest BCUT2D eigenvalue weighted by Gasteiger charge is -2.10. The van der Waals surface area contributed by atoms with Crippen molar-refractivity contribution in [1.82, 2.24) is 4.98 Å². The Labute approximate surface area is 170 Å². The van der Waals surface area contributed by atoms with Gasteiger partial charge in [-0.2, -0.15) is 0 Å². The van der Waals surface area contributed by atoms with E-state index in [9.17, 15) is 18.4 Å². The summed E-state index contributed by atoms with van der Waals surface area (Å²) in [7, 11) is 0. The third-order valence-electron chi connectivity index (χ3n) is 3.79. The van der Waals surface area contributed by atoms with Crippen LogP contribution in [0.15, 0.2) is 70.7 Å². The molecular formula is C21H16F2N2O3S. The van der Waals surface area contributed by atoms with Crippen molar-refractivity contribution >= 4 is 29.3 Å². The number of aryl methyl sites for hydroxylation is 1. The standard InChI is InChI=1S/C21H16F2N2O3S/c1-13-7-9-14(10-8-13)29-20-15(4-3-11-24-20)21(27)28-12-18(26)25-19-16(22)5-2-6-17(19)23/h2-11H,12H2,1H3,(H,25,26). The summed E-state index contributed by atoms with van der Waals surface area (Å²) in [6, 6.07) is 14.0. The van der Waals surface area contributed by atoms with Gasteiger partial charge in [0, 0.05) is 11.1 Å². The van der Waals surface area contributed by atoms with Crippen molar-refractivity contribution < 1.29 is 23.1 Å². The first-order valence-corrected chi connectivity index (χ1v) is 9.36. The molecule has 0 saturated heterocycles. The second-order valence-corrected chi connectivity index (χ2v) is 7.05. The Morgan fingerprint density at radius 1 is 1.03 bits per heavy atom. The van der Waals surface area contributed by atoms with E-state index >= 15 is 0 Å². The predicted octanol–water partition coefficient (Wildman–Crippen LogP) is 4.61. The van der Waals surface area contributed by atoms with Gasteiger partial charge >= 0.3 is 5.97 Å². The van der Waals surface area contributed by atoms with Gasteiger partial charge in [0.2, 0.25) is 0 Å². The van der Waals surface area contributed by atoms with Crippen molar-refractivity contribution in [1.29, 1.82) is 0 Å². The van der Waals surface area contributed by atoms with E-state index in [0.29, 0.717) is 5.03 Å². The Morgan fingerprint density at radius 3 is 2.41 bits per heavy atom. The molecule has 0 bridgehead atoms. The number of halogens is 2. The van der Waals surface area contributed by atoms with Crippen molar-refractivity contribution in [3.8, 4) is 0 Å². The van der Waals surface area contributed by atoms with Crippen LogP contribution >= 0.6 is 11.8 Å². The largest absolute Gasteiger partial charge is 0.452 e. The maximum Gasteiger partial charge on any atom is 0.341 e. The number of carbonyl (C=O) groups is 2. The second-order valence-electron chi connectivity index (χ2n) is 5.99. The van der Waals surface area contributed by atoms with E-state index < -0.39 is 35.8 Å². The van der Waals surface area contributed by atoms with Crippen LogP contribution in [0.4, 0.5) is 14.5 Å². The number of amides is 1. The molecule has 0 unspecified atom stereocenters. The molecule has 0 aliphatic heterocycles. The van der Waals surface area contributed by atoms with Crippen molar-refractivity contribution in [3.05, 3.63) is 83.6 Å². The smallest absolute Gasteiger partial charge is 0.341 e. The third-order valence-corrected chi connectivity index (χ3v) is 4.81. The lowest BCUT2D eigenvalue weighted by atomic mass is 10.2. The third kappa shape index (κ3) is 5.39. The number of nitrogens with one attached hydrogen (secondary N) is 1. The number of pyridine rings is 1. The molecule has 2 aromatic carbocycles. The van der Waals surface area contributed by atoms with E-state index in [1.807, 2.05) is 31.2 Å². The highest BCUT2D eigenvalue weighted by atomic mass is 32.2. The Kier molecular flexibility index (Phi) is 6.56. The topological polar surface area (TPSA) is 68.3 Å². The van der Waals surface area contributed by atoms with Gasteiger partial charge in [0.1, 0.15) is 22.3 Å². The summed E-state index contributed by atoms with van der Waals surface area (Å²) in [4.78, 5) is 29.4. The molecule has 1 amide bonds. The molecule has 1 N–H and O–H groups in total. The number of aromatic nitrogens is 1. The molecular weight excluding hydrogens is 398 g/mol. The van der Waals surface area contributed by atoms with Gasteiger partial charge in [0.15, 0.2) is 6.61 Å².